The third-order valence-corrected chi connectivity index (χ3v) is 3.36. The first-order valence-corrected chi connectivity index (χ1v) is 7.40. The molecule has 2 N–H and O–H groups in total. The Labute approximate surface area is 152 Å². The summed E-state index contributed by atoms with van der Waals surface area (Å²) >= 11 is 0. The third-order valence-electron chi connectivity index (χ3n) is 3.36. The summed E-state index contributed by atoms with van der Waals surface area (Å²) in [4.78, 5) is 43.7. The van der Waals surface area contributed by atoms with Crippen LogP contribution in [-0.2, 0) is 28.7 Å². The molecule has 8 heteroatoms. The summed E-state index contributed by atoms with van der Waals surface area (Å²) < 4.78 is 9.31. The second-order valence-corrected chi connectivity index (χ2v) is 5.51. The minimum atomic E-state index is -1.67. The second-order valence-electron chi connectivity index (χ2n) is 5.51. The maximum absolute atomic E-state index is 11.8. The first-order chi connectivity index (χ1) is 12.0. The SMILES string of the molecule is CC#CCC(CC#CC)(C(=O)OC)C(=O)OC.CC(C)(C(=O)O)C(=O)O. The molecule has 8 nitrogen and oxygen atoms in total. The van der Waals surface area contributed by atoms with Crippen LogP contribution in [0.4, 0.5) is 0 Å². The van der Waals surface area contributed by atoms with Crippen LogP contribution in [0.3, 0.4) is 0 Å². The minimum Gasteiger partial charge on any atom is -0.480 e. The summed E-state index contributed by atoms with van der Waals surface area (Å²) in [6, 6.07) is 0. The molecule has 0 saturated carbocycles. The number of carbonyl (C=O) groups excluding carboxylic acids is 2. The molecular formula is C18H24O8. The predicted molar refractivity (Wildman–Crippen MR) is 91.7 cm³/mol. The van der Waals surface area contributed by atoms with Crippen LogP contribution in [0.2, 0.25) is 0 Å². The van der Waals surface area contributed by atoms with Crippen LogP contribution < -0.4 is 0 Å². The van der Waals surface area contributed by atoms with Gasteiger partial charge in [0.2, 0.25) is 0 Å². The van der Waals surface area contributed by atoms with Crippen LogP contribution in [0.15, 0.2) is 0 Å². The van der Waals surface area contributed by atoms with Gasteiger partial charge in [-0.05, 0) is 27.7 Å². The smallest absolute Gasteiger partial charge is 0.325 e. The fourth-order valence-electron chi connectivity index (χ4n) is 1.40. The molecule has 144 valence electrons. The van der Waals surface area contributed by atoms with Gasteiger partial charge in [-0.3, -0.25) is 19.2 Å². The molecule has 0 spiro atoms. The van der Waals surface area contributed by atoms with Crippen LogP contribution in [-0.4, -0.2) is 48.3 Å². The largest absolute Gasteiger partial charge is 0.480 e. The first-order valence-electron chi connectivity index (χ1n) is 7.40. The molecule has 0 aliphatic carbocycles. The second kappa shape index (κ2) is 11.5. The van der Waals surface area contributed by atoms with E-state index in [9.17, 15) is 19.2 Å². The van der Waals surface area contributed by atoms with Crippen molar-refractivity contribution in [2.24, 2.45) is 10.8 Å². The molecule has 0 atom stereocenters. The first kappa shape index (κ1) is 25.2. The number of carbonyl (C=O) groups is 4. The van der Waals surface area contributed by atoms with Gasteiger partial charge in [-0.15, -0.1) is 23.7 Å². The summed E-state index contributed by atoms with van der Waals surface area (Å²) in [5.41, 5.74) is -3.12. The van der Waals surface area contributed by atoms with Crippen LogP contribution >= 0.6 is 0 Å². The van der Waals surface area contributed by atoms with Gasteiger partial charge in [0.1, 0.15) is 0 Å². The molecule has 0 radical (unpaired) electrons. The average Bonchev–Trinajstić information content (AvgIpc) is 2.61. The van der Waals surface area contributed by atoms with E-state index in [4.69, 9.17) is 10.2 Å². The Hall–Kier alpha value is -3.00. The van der Waals surface area contributed by atoms with Gasteiger partial charge >= 0.3 is 23.9 Å². The van der Waals surface area contributed by atoms with Crippen LogP contribution in [0.5, 0.6) is 0 Å². The molecule has 0 saturated heterocycles. The lowest BCUT2D eigenvalue weighted by Gasteiger charge is -2.23. The van der Waals surface area contributed by atoms with Crippen LogP contribution in [0.1, 0.15) is 40.5 Å². The number of esters is 2. The highest BCUT2D eigenvalue weighted by Crippen LogP contribution is 2.29. The van der Waals surface area contributed by atoms with E-state index in [1.807, 2.05) is 0 Å². The van der Waals surface area contributed by atoms with Crippen molar-refractivity contribution in [3.63, 3.8) is 0 Å². The monoisotopic (exact) mass is 368 g/mol. The van der Waals surface area contributed by atoms with Gasteiger partial charge in [-0.25, -0.2) is 0 Å². The normalized spacial score (nSPS) is 9.77. The van der Waals surface area contributed by atoms with Gasteiger partial charge in [0, 0.05) is 12.8 Å². The van der Waals surface area contributed by atoms with Gasteiger partial charge in [0.15, 0.2) is 10.8 Å². The molecule has 0 unspecified atom stereocenters. The highest BCUT2D eigenvalue weighted by atomic mass is 16.5. The molecule has 0 aliphatic rings. The fourth-order valence-corrected chi connectivity index (χ4v) is 1.40. The molecule has 26 heavy (non-hydrogen) atoms. The van der Waals surface area contributed by atoms with E-state index < -0.39 is 34.7 Å². The van der Waals surface area contributed by atoms with Crippen LogP contribution in [0, 0.1) is 34.5 Å². The van der Waals surface area contributed by atoms with E-state index in [2.05, 4.69) is 33.2 Å². The number of carboxylic acid groups (broad SMARTS) is 2. The Balaban J connectivity index is 0. The molecule has 0 rings (SSSR count). The third kappa shape index (κ3) is 6.86. The van der Waals surface area contributed by atoms with E-state index in [0.29, 0.717) is 0 Å². The summed E-state index contributed by atoms with van der Waals surface area (Å²) in [6.45, 7) is 5.53. The van der Waals surface area contributed by atoms with Crippen molar-refractivity contribution in [1.29, 1.82) is 0 Å². The average molecular weight is 368 g/mol. The molecular weight excluding hydrogens is 344 g/mol. The van der Waals surface area contributed by atoms with Crippen molar-refractivity contribution in [2.75, 3.05) is 14.2 Å². The summed E-state index contributed by atoms with van der Waals surface area (Å²) in [5, 5.41) is 16.5. The highest BCUT2D eigenvalue weighted by Gasteiger charge is 2.47. The van der Waals surface area contributed by atoms with Gasteiger partial charge in [-0.2, -0.15) is 0 Å². The number of aliphatic carboxylic acids is 2. The number of rotatable bonds is 6. The highest BCUT2D eigenvalue weighted by molar-refractivity contribution is 6.00. The summed E-state index contributed by atoms with van der Waals surface area (Å²) in [5.74, 6) is 6.71. The summed E-state index contributed by atoms with van der Waals surface area (Å²) in [7, 11) is 2.44. The fraction of sp³-hybridized carbons (Fsp3) is 0.556. The van der Waals surface area contributed by atoms with Gasteiger partial charge < -0.3 is 19.7 Å². The van der Waals surface area contributed by atoms with Crippen molar-refractivity contribution in [2.45, 2.75) is 40.5 Å². The van der Waals surface area contributed by atoms with Crippen molar-refractivity contribution < 1.29 is 38.9 Å². The van der Waals surface area contributed by atoms with E-state index in [-0.39, 0.29) is 12.8 Å². The number of methoxy groups -OCH3 is 2. The van der Waals surface area contributed by atoms with Crippen molar-refractivity contribution in [3.8, 4) is 23.7 Å². The summed E-state index contributed by atoms with van der Waals surface area (Å²) in [6.07, 6.45) is 0.0784. The van der Waals surface area contributed by atoms with E-state index in [1.165, 1.54) is 14.2 Å². The molecule has 0 fully saturated rings. The number of hydrogen-bond acceptors (Lipinski definition) is 6. The quantitative estimate of drug-likeness (QED) is 0.408. The lowest BCUT2D eigenvalue weighted by Crippen LogP contribution is -2.40. The Kier molecular flexibility index (Phi) is 11.2. The lowest BCUT2D eigenvalue weighted by atomic mass is 9.81. The van der Waals surface area contributed by atoms with E-state index in [1.54, 1.807) is 13.8 Å². The molecule has 0 aromatic rings. The zero-order valence-electron chi connectivity index (χ0n) is 15.8. The standard InChI is InChI=1S/C13H16O4.C5H8O4/c1-5-7-9-13(10-8-6-2,11(14)16-3)12(15)17-4;1-5(2,3(6)7)4(8)9/h9-10H2,1-4H3;1-2H3,(H,6,7)(H,8,9). The van der Waals surface area contributed by atoms with Crippen molar-refractivity contribution >= 4 is 23.9 Å². The zero-order chi connectivity index (χ0) is 21.0. The van der Waals surface area contributed by atoms with E-state index in [0.717, 1.165) is 13.8 Å². The van der Waals surface area contributed by atoms with Gasteiger partial charge in [0.05, 0.1) is 14.2 Å². The number of carboxylic acids is 2. The van der Waals surface area contributed by atoms with Gasteiger partial charge in [-0.1, -0.05) is 0 Å². The maximum Gasteiger partial charge on any atom is 0.325 e. The Morgan fingerprint density at radius 3 is 1.27 bits per heavy atom. The molecule has 0 aromatic heterocycles. The lowest BCUT2D eigenvalue weighted by molar-refractivity contribution is -0.168. The molecule has 0 heterocycles. The molecule has 0 aromatic carbocycles. The van der Waals surface area contributed by atoms with Crippen molar-refractivity contribution in [1.82, 2.24) is 0 Å². The Morgan fingerprint density at radius 2 is 1.12 bits per heavy atom. The number of ether oxygens (including phenoxy) is 2. The molecule has 0 aliphatic heterocycles. The molecule has 0 bridgehead atoms. The molecule has 0 amide bonds. The Bertz CT molecular complexity index is 596. The maximum atomic E-state index is 11.8. The van der Waals surface area contributed by atoms with Crippen LogP contribution in [0.25, 0.3) is 0 Å². The minimum absolute atomic E-state index is 0.0392. The Morgan fingerprint density at radius 1 is 0.808 bits per heavy atom. The van der Waals surface area contributed by atoms with E-state index >= 15 is 0 Å². The predicted octanol–water partition coefficient (Wildman–Crippen LogP) is 1.33. The van der Waals surface area contributed by atoms with Crippen molar-refractivity contribution in [3.05, 3.63) is 0 Å². The number of hydrogen-bond donors (Lipinski definition) is 2. The van der Waals surface area contributed by atoms with Gasteiger partial charge in [0.25, 0.3) is 0 Å². The topological polar surface area (TPSA) is 127 Å². The zero-order valence-corrected chi connectivity index (χ0v) is 15.8.